The van der Waals surface area contributed by atoms with Gasteiger partial charge in [0.15, 0.2) is 0 Å². The molecule has 0 radical (unpaired) electrons. The first-order chi connectivity index (χ1) is 12.6. The van der Waals surface area contributed by atoms with Crippen LogP contribution in [0, 0.1) is 27.7 Å². The van der Waals surface area contributed by atoms with Crippen molar-refractivity contribution in [3.05, 3.63) is 42.7 Å². The SMILES string of the molecule is Cc1nc(/C=C(\[O-])C(F)(F)F)sc1C.Cc1nc(/C=C(\[O-])C(F)(F)F)sc1C.[Fe+2]. The normalized spacial score (nSPS) is 12.9. The predicted molar refractivity (Wildman–Crippen MR) is 91.2 cm³/mol. The van der Waals surface area contributed by atoms with Crippen LogP contribution in [0.25, 0.3) is 12.2 Å². The van der Waals surface area contributed by atoms with E-state index in [2.05, 4.69) is 9.97 Å². The molecule has 0 saturated heterocycles. The Labute approximate surface area is 181 Å². The molecule has 2 heterocycles. The molecule has 0 aliphatic heterocycles. The van der Waals surface area contributed by atoms with Crippen LogP contribution in [-0.2, 0) is 17.1 Å². The summed E-state index contributed by atoms with van der Waals surface area (Å²) in [6.07, 6.45) is -8.59. The molecule has 2 rings (SSSR count). The molecular weight excluding hydrogens is 486 g/mol. The number of alkyl halides is 6. The van der Waals surface area contributed by atoms with Gasteiger partial charge in [0, 0.05) is 9.75 Å². The summed E-state index contributed by atoms with van der Waals surface area (Å²) in [5, 5.41) is 21.3. The summed E-state index contributed by atoms with van der Waals surface area (Å²) in [4.78, 5) is 9.23. The predicted octanol–water partition coefficient (Wildman–Crippen LogP) is 4.04. The summed E-state index contributed by atoms with van der Waals surface area (Å²) in [7, 11) is 0. The second-order valence-electron chi connectivity index (χ2n) is 5.40. The Bertz CT molecular complexity index is 774. The van der Waals surface area contributed by atoms with E-state index in [1.165, 1.54) is 0 Å². The average Bonchev–Trinajstić information content (AvgIpc) is 2.99. The molecule has 0 aliphatic rings. The molecule has 0 spiro atoms. The molecular formula is C16H14F6FeN2O2S2. The van der Waals surface area contributed by atoms with Crippen molar-refractivity contribution in [2.24, 2.45) is 0 Å². The van der Waals surface area contributed by atoms with Crippen molar-refractivity contribution in [3.8, 4) is 0 Å². The Balaban J connectivity index is 0.000000523. The summed E-state index contributed by atoms with van der Waals surface area (Å²) in [5.74, 6) is -3.74. The van der Waals surface area contributed by atoms with Crippen molar-refractivity contribution in [1.29, 1.82) is 0 Å². The monoisotopic (exact) mass is 500 g/mol. The van der Waals surface area contributed by atoms with E-state index in [4.69, 9.17) is 0 Å². The maximum Gasteiger partial charge on any atom is 2.00 e. The van der Waals surface area contributed by atoms with Crippen LogP contribution in [0.5, 0.6) is 0 Å². The van der Waals surface area contributed by atoms with E-state index in [9.17, 15) is 36.6 Å². The molecule has 0 saturated carbocycles. The average molecular weight is 500 g/mol. The van der Waals surface area contributed by atoms with Gasteiger partial charge < -0.3 is 10.2 Å². The molecule has 0 bridgehead atoms. The van der Waals surface area contributed by atoms with E-state index >= 15 is 0 Å². The largest absolute Gasteiger partial charge is 2.00 e. The fourth-order valence-corrected chi connectivity index (χ4v) is 3.22. The summed E-state index contributed by atoms with van der Waals surface area (Å²) < 4.78 is 71.0. The first-order valence-electron chi connectivity index (χ1n) is 7.41. The van der Waals surface area contributed by atoms with Crippen LogP contribution in [0.15, 0.2) is 11.5 Å². The summed E-state index contributed by atoms with van der Waals surface area (Å²) >= 11 is 2.14. The summed E-state index contributed by atoms with van der Waals surface area (Å²) in [5.41, 5.74) is 1.30. The van der Waals surface area contributed by atoms with Gasteiger partial charge in [0.2, 0.25) is 0 Å². The zero-order valence-electron chi connectivity index (χ0n) is 15.3. The fraction of sp³-hybridized carbons (Fsp3) is 0.375. The molecule has 0 N–H and O–H groups in total. The molecule has 0 aromatic carbocycles. The molecule has 13 heteroatoms. The molecule has 29 heavy (non-hydrogen) atoms. The third-order valence-corrected chi connectivity index (χ3v) is 5.20. The van der Waals surface area contributed by atoms with Crippen molar-refractivity contribution < 1.29 is 53.6 Å². The number of rotatable bonds is 2. The second-order valence-corrected chi connectivity index (χ2v) is 7.87. The Hall–Kier alpha value is -1.56. The van der Waals surface area contributed by atoms with Gasteiger partial charge in [-0.1, -0.05) is 0 Å². The number of hydrogen-bond donors (Lipinski definition) is 0. The van der Waals surface area contributed by atoms with Crippen LogP contribution in [-0.4, -0.2) is 22.3 Å². The molecule has 2 aromatic heterocycles. The van der Waals surface area contributed by atoms with Crippen LogP contribution in [0.3, 0.4) is 0 Å². The van der Waals surface area contributed by atoms with E-state index in [0.717, 1.165) is 32.4 Å². The molecule has 0 amide bonds. The van der Waals surface area contributed by atoms with E-state index in [1.807, 2.05) is 0 Å². The van der Waals surface area contributed by atoms with Crippen molar-refractivity contribution in [2.75, 3.05) is 0 Å². The van der Waals surface area contributed by atoms with Gasteiger partial charge in [0.1, 0.15) is 10.0 Å². The van der Waals surface area contributed by atoms with E-state index in [1.54, 1.807) is 27.7 Å². The molecule has 162 valence electrons. The number of halogens is 6. The number of thiazole rings is 2. The van der Waals surface area contributed by atoms with Crippen LogP contribution in [0.4, 0.5) is 26.3 Å². The molecule has 0 unspecified atom stereocenters. The Morgan fingerprint density at radius 1 is 0.724 bits per heavy atom. The second kappa shape index (κ2) is 10.5. The van der Waals surface area contributed by atoms with Gasteiger partial charge in [0.25, 0.3) is 0 Å². The van der Waals surface area contributed by atoms with E-state index < -0.39 is 23.9 Å². The smallest absolute Gasteiger partial charge is 0.869 e. The zero-order chi connectivity index (χ0) is 21.9. The summed E-state index contributed by atoms with van der Waals surface area (Å²) in [6.45, 7) is 6.84. The number of aromatic nitrogens is 2. The first kappa shape index (κ1) is 27.4. The quantitative estimate of drug-likeness (QED) is 0.355. The van der Waals surface area contributed by atoms with E-state index in [0.29, 0.717) is 23.5 Å². The van der Waals surface area contributed by atoms with Crippen LogP contribution in [0.1, 0.15) is 31.2 Å². The minimum atomic E-state index is -4.81. The minimum absolute atomic E-state index is 0. The van der Waals surface area contributed by atoms with Crippen LogP contribution in [0.2, 0.25) is 0 Å². The zero-order valence-corrected chi connectivity index (χ0v) is 18.0. The van der Waals surface area contributed by atoms with Gasteiger partial charge in [-0.2, -0.15) is 26.3 Å². The standard InChI is InChI=1S/2C8H8F3NOS.Fe/c2*1-4-5(2)14-7(12-4)3-6(13)8(9,10)11;/h2*3,13H,1-2H3;/q;;+2/p-2/b2*6-3-;. The van der Waals surface area contributed by atoms with Gasteiger partial charge >= 0.3 is 29.4 Å². The van der Waals surface area contributed by atoms with E-state index in [-0.39, 0.29) is 27.1 Å². The minimum Gasteiger partial charge on any atom is -0.869 e. The summed E-state index contributed by atoms with van der Waals surface area (Å²) in [6, 6.07) is 0. The molecule has 0 atom stereocenters. The van der Waals surface area contributed by atoms with Gasteiger partial charge in [-0.15, -0.1) is 22.7 Å². The maximum absolute atomic E-state index is 11.8. The number of aryl methyl sites for hydroxylation is 4. The van der Waals surface area contributed by atoms with Crippen LogP contribution >= 0.6 is 22.7 Å². The molecule has 0 fully saturated rings. The molecule has 0 aliphatic carbocycles. The Morgan fingerprint density at radius 3 is 1.17 bits per heavy atom. The van der Waals surface area contributed by atoms with Gasteiger partial charge in [-0.05, 0) is 51.4 Å². The molecule has 4 nitrogen and oxygen atoms in total. The third kappa shape index (κ3) is 8.77. The van der Waals surface area contributed by atoms with Gasteiger partial charge in [0.05, 0.1) is 11.4 Å². The van der Waals surface area contributed by atoms with Crippen LogP contribution < -0.4 is 10.2 Å². The Morgan fingerprint density at radius 2 is 1.00 bits per heavy atom. The fourth-order valence-electron chi connectivity index (χ4n) is 1.51. The van der Waals surface area contributed by atoms with Gasteiger partial charge in [-0.25, -0.2) is 9.97 Å². The number of hydrogen-bond acceptors (Lipinski definition) is 6. The third-order valence-electron chi connectivity index (χ3n) is 3.16. The van der Waals surface area contributed by atoms with Crippen molar-refractivity contribution in [1.82, 2.24) is 9.97 Å². The number of allylic oxidation sites excluding steroid dienone is 2. The van der Waals surface area contributed by atoms with Crippen molar-refractivity contribution in [2.45, 2.75) is 40.0 Å². The topological polar surface area (TPSA) is 71.9 Å². The maximum atomic E-state index is 11.8. The first-order valence-corrected chi connectivity index (χ1v) is 9.04. The van der Waals surface area contributed by atoms with Crippen molar-refractivity contribution in [3.63, 3.8) is 0 Å². The van der Waals surface area contributed by atoms with Crippen molar-refractivity contribution >= 4 is 34.8 Å². The van der Waals surface area contributed by atoms with Gasteiger partial charge in [-0.3, -0.25) is 0 Å². The molecule has 2 aromatic rings. The Kier molecular flexibility index (Phi) is 9.90. The number of nitrogens with zero attached hydrogens (tertiary/aromatic N) is 2.